The first-order chi connectivity index (χ1) is 17.3. The molecule has 0 radical (unpaired) electrons. The summed E-state index contributed by atoms with van der Waals surface area (Å²) in [5, 5.41) is 5.10. The normalized spacial score (nSPS) is 18.5. The van der Waals surface area contributed by atoms with Gasteiger partial charge in [0.2, 0.25) is 0 Å². The molecule has 2 atom stereocenters. The van der Waals surface area contributed by atoms with Gasteiger partial charge in [-0.3, -0.25) is 0 Å². The summed E-state index contributed by atoms with van der Waals surface area (Å²) in [6, 6.07) is 9.30. The Bertz CT molecular complexity index is 1390. The fourth-order valence-corrected chi connectivity index (χ4v) is 6.32. The average Bonchev–Trinajstić information content (AvgIpc) is 3.16. The molecule has 0 amide bonds. The molecule has 4 bridgehead atoms. The highest BCUT2D eigenvalue weighted by molar-refractivity contribution is 7.50. The molecule has 2 unspecified atom stereocenters. The second-order valence-corrected chi connectivity index (χ2v) is 11.2. The number of pyridine rings is 1. The van der Waals surface area contributed by atoms with Gasteiger partial charge in [0, 0.05) is 11.1 Å². The molecule has 1 aromatic heterocycles. The van der Waals surface area contributed by atoms with Gasteiger partial charge in [-0.2, -0.15) is 4.57 Å². The number of benzene rings is 2. The standard InChI is InChI=1S/C26H28Cl2N3O4P/c1-4-31(5-2)14-8-9-16(3)29-23-22-21-15-19(28)24-26(22)35-36(32,33-24)34-25(23)20(30-21)13-12-17-10-6-7-11-18(17)27/h6-7,10-13,15-16H,4-5,8-9,14H2,1-3H3,(H,29,30)/b13-12+. The van der Waals surface area contributed by atoms with Crippen molar-refractivity contribution in [2.24, 2.45) is 0 Å². The zero-order valence-corrected chi connectivity index (χ0v) is 22.8. The monoisotopic (exact) mass is 547 g/mol. The molecular weight excluding hydrogens is 520 g/mol. The largest absolute Gasteiger partial charge is 0.647 e. The number of anilines is 1. The Kier molecular flexibility index (Phi) is 7.10. The van der Waals surface area contributed by atoms with E-state index in [1.165, 1.54) is 0 Å². The highest BCUT2D eigenvalue weighted by atomic mass is 35.5. The van der Waals surface area contributed by atoms with Crippen LogP contribution in [-0.2, 0) is 4.57 Å². The minimum Gasteiger partial charge on any atom is -0.381 e. The molecule has 0 fully saturated rings. The molecule has 2 aromatic carbocycles. The predicted molar refractivity (Wildman–Crippen MR) is 147 cm³/mol. The van der Waals surface area contributed by atoms with Gasteiger partial charge >= 0.3 is 7.82 Å². The van der Waals surface area contributed by atoms with Crippen LogP contribution in [0.3, 0.4) is 0 Å². The van der Waals surface area contributed by atoms with Crippen LogP contribution in [0.25, 0.3) is 23.1 Å². The summed E-state index contributed by atoms with van der Waals surface area (Å²) in [5.41, 5.74) is 2.54. The van der Waals surface area contributed by atoms with Gasteiger partial charge in [-0.25, -0.2) is 4.98 Å². The van der Waals surface area contributed by atoms with Crippen molar-refractivity contribution in [1.82, 2.24) is 9.88 Å². The molecule has 0 aliphatic carbocycles. The van der Waals surface area contributed by atoms with E-state index in [-0.39, 0.29) is 16.8 Å². The lowest BCUT2D eigenvalue weighted by Gasteiger charge is -2.23. The van der Waals surface area contributed by atoms with E-state index in [2.05, 4.69) is 31.0 Å². The molecule has 3 aromatic rings. The summed E-state index contributed by atoms with van der Waals surface area (Å²) in [5.74, 6) is 0.833. The molecule has 190 valence electrons. The van der Waals surface area contributed by atoms with E-state index < -0.39 is 7.82 Å². The SMILES string of the molecule is CCN(CC)CCCC(C)Nc1c2c(/C=C/c3ccccc3Cl)nc3cc(Cl)c4c(c13)OP(=O)(O2)O4. The van der Waals surface area contributed by atoms with Crippen molar-refractivity contribution in [1.29, 1.82) is 0 Å². The van der Waals surface area contributed by atoms with Crippen LogP contribution in [0.2, 0.25) is 10.0 Å². The summed E-state index contributed by atoms with van der Waals surface area (Å²) in [6.45, 7) is 9.57. The number of halogens is 2. The lowest BCUT2D eigenvalue weighted by molar-refractivity contribution is 0.295. The molecule has 0 spiro atoms. The Morgan fingerprint density at radius 3 is 2.53 bits per heavy atom. The van der Waals surface area contributed by atoms with Crippen LogP contribution < -0.4 is 18.9 Å². The van der Waals surface area contributed by atoms with Gasteiger partial charge in [-0.1, -0.05) is 61.3 Å². The molecular formula is C26H28Cl2N3O4P. The summed E-state index contributed by atoms with van der Waals surface area (Å²) >= 11 is 12.8. The first-order valence-corrected chi connectivity index (χ1v) is 14.3. The Morgan fingerprint density at radius 1 is 1.06 bits per heavy atom. The first kappa shape index (κ1) is 25.2. The topological polar surface area (TPSA) is 72.9 Å². The Hall–Kier alpha value is -2.44. The number of hydrogen-bond donors (Lipinski definition) is 1. The molecule has 3 heterocycles. The van der Waals surface area contributed by atoms with E-state index >= 15 is 0 Å². The third-order valence-electron chi connectivity index (χ3n) is 6.45. The third-order valence-corrected chi connectivity index (χ3v) is 8.30. The molecule has 7 nitrogen and oxygen atoms in total. The van der Waals surface area contributed by atoms with Crippen LogP contribution in [-0.4, -0.2) is 35.6 Å². The maximum atomic E-state index is 13.4. The molecule has 5 rings (SSSR count). The Morgan fingerprint density at radius 2 is 1.78 bits per heavy atom. The van der Waals surface area contributed by atoms with E-state index in [0.717, 1.165) is 38.0 Å². The lowest BCUT2D eigenvalue weighted by atomic mass is 10.1. The maximum Gasteiger partial charge on any atom is 0.647 e. The van der Waals surface area contributed by atoms with Gasteiger partial charge in [0.05, 0.1) is 21.6 Å². The van der Waals surface area contributed by atoms with Crippen LogP contribution in [0.15, 0.2) is 30.3 Å². The molecule has 0 saturated carbocycles. The quantitative estimate of drug-likeness (QED) is 0.258. The minimum atomic E-state index is -3.96. The number of phosphoric ester groups is 1. The summed E-state index contributed by atoms with van der Waals surface area (Å²) in [7, 11) is -3.96. The van der Waals surface area contributed by atoms with Gasteiger partial charge in [0.25, 0.3) is 0 Å². The summed E-state index contributed by atoms with van der Waals surface area (Å²) in [6.07, 6.45) is 5.60. The maximum absolute atomic E-state index is 13.4. The fourth-order valence-electron chi connectivity index (χ4n) is 4.51. The fraction of sp³-hybridized carbons (Fsp3) is 0.346. The molecule has 0 saturated heterocycles. The smallest absolute Gasteiger partial charge is 0.381 e. The van der Waals surface area contributed by atoms with Gasteiger partial charge in [-0.15, -0.1) is 0 Å². The van der Waals surface area contributed by atoms with Crippen LogP contribution in [0.4, 0.5) is 5.69 Å². The van der Waals surface area contributed by atoms with Crippen molar-refractivity contribution in [3.8, 4) is 17.2 Å². The first-order valence-electron chi connectivity index (χ1n) is 12.1. The van der Waals surface area contributed by atoms with Crippen molar-refractivity contribution in [2.45, 2.75) is 39.7 Å². The minimum absolute atomic E-state index is 0.110. The highest BCUT2D eigenvalue weighted by Gasteiger charge is 2.48. The van der Waals surface area contributed by atoms with Gasteiger partial charge in [0.15, 0.2) is 17.2 Å². The van der Waals surface area contributed by atoms with Gasteiger partial charge < -0.3 is 23.8 Å². The predicted octanol–water partition coefficient (Wildman–Crippen LogP) is 7.91. The van der Waals surface area contributed by atoms with E-state index in [1.54, 1.807) is 12.1 Å². The van der Waals surface area contributed by atoms with E-state index in [1.807, 2.05) is 30.3 Å². The second-order valence-electron chi connectivity index (χ2n) is 8.90. The van der Waals surface area contributed by atoms with Crippen LogP contribution in [0.1, 0.15) is 44.9 Å². The van der Waals surface area contributed by atoms with Gasteiger partial charge in [0.1, 0.15) is 5.69 Å². The summed E-state index contributed by atoms with van der Waals surface area (Å²) < 4.78 is 30.6. The van der Waals surface area contributed by atoms with Crippen LogP contribution >= 0.6 is 31.0 Å². The Balaban J connectivity index is 1.56. The molecule has 10 heteroatoms. The Labute approximate surface area is 221 Å². The summed E-state index contributed by atoms with van der Waals surface area (Å²) in [4.78, 5) is 7.18. The zero-order chi connectivity index (χ0) is 25.4. The number of hydrogen-bond acceptors (Lipinski definition) is 7. The second kappa shape index (κ2) is 10.1. The highest BCUT2D eigenvalue weighted by Crippen LogP contribution is 2.67. The zero-order valence-electron chi connectivity index (χ0n) is 20.4. The number of fused-ring (bicyclic) bond motifs is 2. The van der Waals surface area contributed by atoms with Crippen molar-refractivity contribution in [2.75, 3.05) is 25.0 Å². The van der Waals surface area contributed by atoms with Gasteiger partial charge in [-0.05, 0) is 63.2 Å². The third kappa shape index (κ3) is 4.78. The van der Waals surface area contributed by atoms with E-state index in [9.17, 15) is 4.57 Å². The van der Waals surface area contributed by atoms with Crippen LogP contribution in [0, 0.1) is 0 Å². The lowest BCUT2D eigenvalue weighted by Crippen LogP contribution is -2.25. The molecule has 2 aliphatic rings. The van der Waals surface area contributed by atoms with Crippen molar-refractivity contribution in [3.63, 3.8) is 0 Å². The van der Waals surface area contributed by atoms with E-state index in [0.29, 0.717) is 38.8 Å². The number of aromatic nitrogens is 1. The molecule has 1 N–H and O–H groups in total. The van der Waals surface area contributed by atoms with Crippen LogP contribution in [0.5, 0.6) is 17.2 Å². The molecule has 2 aliphatic heterocycles. The average molecular weight is 548 g/mol. The van der Waals surface area contributed by atoms with Crippen molar-refractivity contribution in [3.05, 3.63) is 51.6 Å². The number of phosphoric acid groups is 1. The van der Waals surface area contributed by atoms with Crippen molar-refractivity contribution >= 4 is 59.8 Å². The number of nitrogens with one attached hydrogen (secondary N) is 1. The van der Waals surface area contributed by atoms with E-state index in [4.69, 9.17) is 41.8 Å². The number of rotatable bonds is 10. The van der Waals surface area contributed by atoms with Crippen molar-refractivity contribution < 1.29 is 18.1 Å². The number of nitrogens with zero attached hydrogens (tertiary/aromatic N) is 2. The molecule has 36 heavy (non-hydrogen) atoms.